The minimum absolute atomic E-state index is 0.0342. The molecule has 2 fully saturated rings. The number of amides is 2. The van der Waals surface area contributed by atoms with Crippen molar-refractivity contribution < 1.29 is 9.59 Å². The predicted molar refractivity (Wildman–Crippen MR) is 82.0 cm³/mol. The highest BCUT2D eigenvalue weighted by Crippen LogP contribution is 2.49. The highest BCUT2D eigenvalue weighted by molar-refractivity contribution is 9.10. The summed E-state index contributed by atoms with van der Waals surface area (Å²) in [5, 5.41) is 0. The van der Waals surface area contributed by atoms with Gasteiger partial charge in [0.2, 0.25) is 11.8 Å². The third-order valence-corrected chi connectivity index (χ3v) is 5.63. The lowest BCUT2D eigenvalue weighted by atomic mass is 9.63. The van der Waals surface area contributed by atoms with E-state index < -0.39 is 0 Å². The molecule has 0 N–H and O–H groups in total. The van der Waals surface area contributed by atoms with Gasteiger partial charge in [-0.25, -0.2) is 0 Å². The van der Waals surface area contributed by atoms with Crippen LogP contribution in [-0.2, 0) is 16.1 Å². The molecule has 0 radical (unpaired) electrons. The Hall–Kier alpha value is -1.42. The van der Waals surface area contributed by atoms with Crippen LogP contribution in [0.5, 0.6) is 0 Å². The number of hydrogen-bond acceptors (Lipinski definition) is 2. The summed E-state index contributed by atoms with van der Waals surface area (Å²) in [5.41, 5.74) is 0.999. The van der Waals surface area contributed by atoms with Crippen LogP contribution in [0, 0.1) is 23.7 Å². The molecule has 1 aliphatic heterocycles. The van der Waals surface area contributed by atoms with Gasteiger partial charge in [0.1, 0.15) is 0 Å². The lowest BCUT2D eigenvalue weighted by Crippen LogP contribution is -2.38. The zero-order chi connectivity index (χ0) is 14.6. The van der Waals surface area contributed by atoms with Crippen LogP contribution in [0.2, 0.25) is 0 Å². The van der Waals surface area contributed by atoms with Crippen molar-refractivity contribution in [3.05, 3.63) is 46.5 Å². The van der Waals surface area contributed by atoms with Crippen molar-refractivity contribution in [2.24, 2.45) is 23.7 Å². The summed E-state index contributed by atoms with van der Waals surface area (Å²) in [6, 6.07) is 7.80. The number of imide groups is 1. The molecular formula is C17H16BrNO2. The molecule has 1 aromatic carbocycles. The summed E-state index contributed by atoms with van der Waals surface area (Å²) in [5.74, 6) is 0.407. The van der Waals surface area contributed by atoms with Crippen molar-refractivity contribution in [2.45, 2.75) is 19.4 Å². The van der Waals surface area contributed by atoms with E-state index in [2.05, 4.69) is 28.1 Å². The fraction of sp³-hybridized carbons (Fsp3) is 0.412. The van der Waals surface area contributed by atoms with E-state index in [1.54, 1.807) is 0 Å². The Labute approximate surface area is 132 Å². The van der Waals surface area contributed by atoms with Gasteiger partial charge in [-0.3, -0.25) is 14.5 Å². The standard InChI is InChI=1S/C17H16BrNO2/c18-13-7-1-10(2-8-13)9-19-16(20)14-11-3-4-12(6-5-11)15(14)17(19)21/h1-4,7-8,11-12,14-15H,5-6,9H2. The van der Waals surface area contributed by atoms with Crippen molar-refractivity contribution in [2.75, 3.05) is 0 Å². The first kappa shape index (κ1) is 13.3. The van der Waals surface area contributed by atoms with Crippen LogP contribution in [0.25, 0.3) is 0 Å². The number of fused-ring (bicyclic) bond motifs is 1. The van der Waals surface area contributed by atoms with Gasteiger partial charge in [-0.1, -0.05) is 40.2 Å². The lowest BCUT2D eigenvalue weighted by molar-refractivity contribution is -0.140. The van der Waals surface area contributed by atoms with Gasteiger partial charge in [0.25, 0.3) is 0 Å². The normalized spacial score (nSPS) is 33.7. The van der Waals surface area contributed by atoms with E-state index in [0.717, 1.165) is 22.9 Å². The molecule has 4 aliphatic rings. The molecule has 4 unspecified atom stereocenters. The number of carbonyl (C=O) groups is 2. The summed E-state index contributed by atoms with van der Waals surface area (Å²) < 4.78 is 1.00. The van der Waals surface area contributed by atoms with Gasteiger partial charge >= 0.3 is 0 Å². The van der Waals surface area contributed by atoms with Crippen LogP contribution < -0.4 is 0 Å². The average Bonchev–Trinajstić information content (AvgIpc) is 2.78. The second-order valence-electron chi connectivity index (χ2n) is 6.23. The van der Waals surface area contributed by atoms with Crippen molar-refractivity contribution in [1.29, 1.82) is 0 Å². The van der Waals surface area contributed by atoms with Crippen molar-refractivity contribution in [1.82, 2.24) is 4.90 Å². The van der Waals surface area contributed by atoms with Crippen LogP contribution in [0.1, 0.15) is 18.4 Å². The molecule has 1 aromatic rings. The summed E-state index contributed by atoms with van der Waals surface area (Å²) >= 11 is 3.40. The molecule has 1 heterocycles. The number of nitrogens with zero attached hydrogens (tertiary/aromatic N) is 1. The average molecular weight is 346 g/mol. The van der Waals surface area contributed by atoms with E-state index >= 15 is 0 Å². The van der Waals surface area contributed by atoms with Gasteiger partial charge < -0.3 is 0 Å². The van der Waals surface area contributed by atoms with Gasteiger partial charge in [0.05, 0.1) is 18.4 Å². The Bertz CT molecular complexity index is 605. The van der Waals surface area contributed by atoms with Gasteiger partial charge in [-0.15, -0.1) is 0 Å². The molecule has 5 rings (SSSR count). The van der Waals surface area contributed by atoms with E-state index in [4.69, 9.17) is 0 Å². The van der Waals surface area contributed by atoms with Crippen molar-refractivity contribution in [3.63, 3.8) is 0 Å². The number of allylic oxidation sites excluding steroid dienone is 2. The van der Waals surface area contributed by atoms with E-state index in [9.17, 15) is 9.59 Å². The number of halogens is 1. The molecule has 2 amide bonds. The number of rotatable bonds is 2. The first-order chi connectivity index (χ1) is 10.1. The number of hydrogen-bond donors (Lipinski definition) is 0. The Morgan fingerprint density at radius 3 is 1.95 bits per heavy atom. The van der Waals surface area contributed by atoms with E-state index in [0.29, 0.717) is 6.54 Å². The van der Waals surface area contributed by atoms with Gasteiger partial charge in [-0.2, -0.15) is 0 Å². The van der Waals surface area contributed by atoms with Gasteiger partial charge in [-0.05, 0) is 42.4 Å². The number of benzene rings is 1. The molecule has 2 bridgehead atoms. The Morgan fingerprint density at radius 1 is 0.952 bits per heavy atom. The van der Waals surface area contributed by atoms with E-state index in [-0.39, 0.29) is 35.5 Å². The molecule has 108 valence electrons. The molecular weight excluding hydrogens is 330 g/mol. The molecule has 4 atom stereocenters. The quantitative estimate of drug-likeness (QED) is 0.609. The van der Waals surface area contributed by atoms with Crippen LogP contribution in [0.4, 0.5) is 0 Å². The smallest absolute Gasteiger partial charge is 0.234 e. The summed E-state index contributed by atoms with van der Waals surface area (Å²) in [6.07, 6.45) is 6.41. The second-order valence-corrected chi connectivity index (χ2v) is 7.15. The Kier molecular flexibility index (Phi) is 3.03. The maximum Gasteiger partial charge on any atom is 0.234 e. The maximum absolute atomic E-state index is 12.7. The van der Waals surface area contributed by atoms with Gasteiger partial charge in [0.15, 0.2) is 0 Å². The SMILES string of the molecule is O=C1C2C3C=CC(CC3)C2C(=O)N1Cc1ccc(Br)cc1. The van der Waals surface area contributed by atoms with Crippen LogP contribution in [0.3, 0.4) is 0 Å². The van der Waals surface area contributed by atoms with Crippen LogP contribution in [0.15, 0.2) is 40.9 Å². The molecule has 1 saturated carbocycles. The molecule has 4 heteroatoms. The number of carbonyl (C=O) groups excluding carboxylic acids is 2. The van der Waals surface area contributed by atoms with Crippen molar-refractivity contribution in [3.8, 4) is 0 Å². The summed E-state index contributed by atoms with van der Waals surface area (Å²) in [6.45, 7) is 0.400. The van der Waals surface area contributed by atoms with Crippen LogP contribution in [-0.4, -0.2) is 16.7 Å². The maximum atomic E-state index is 12.7. The Morgan fingerprint density at radius 2 is 1.48 bits per heavy atom. The van der Waals surface area contributed by atoms with E-state index in [1.165, 1.54) is 4.90 Å². The molecule has 0 aromatic heterocycles. The third-order valence-electron chi connectivity index (χ3n) is 5.10. The minimum atomic E-state index is -0.100. The molecule has 21 heavy (non-hydrogen) atoms. The number of likely N-dealkylation sites (tertiary alicyclic amines) is 1. The highest BCUT2D eigenvalue weighted by Gasteiger charge is 2.56. The van der Waals surface area contributed by atoms with Gasteiger partial charge in [0, 0.05) is 4.47 Å². The molecule has 1 saturated heterocycles. The largest absolute Gasteiger partial charge is 0.278 e. The third kappa shape index (κ3) is 2.00. The monoisotopic (exact) mass is 345 g/mol. The molecule has 3 nitrogen and oxygen atoms in total. The summed E-state index contributed by atoms with van der Waals surface area (Å²) in [7, 11) is 0. The topological polar surface area (TPSA) is 37.4 Å². The minimum Gasteiger partial charge on any atom is -0.278 e. The Balaban J connectivity index is 1.61. The molecule has 3 aliphatic carbocycles. The fourth-order valence-corrected chi connectivity index (χ4v) is 4.33. The highest BCUT2D eigenvalue weighted by atomic mass is 79.9. The fourth-order valence-electron chi connectivity index (χ4n) is 4.06. The summed E-state index contributed by atoms with van der Waals surface area (Å²) in [4.78, 5) is 26.8. The second kappa shape index (κ2) is 4.80. The zero-order valence-corrected chi connectivity index (χ0v) is 13.1. The van der Waals surface area contributed by atoms with Crippen molar-refractivity contribution >= 4 is 27.7 Å². The molecule has 0 spiro atoms. The predicted octanol–water partition coefficient (Wildman–Crippen LogP) is 3.15. The van der Waals surface area contributed by atoms with Crippen LogP contribution >= 0.6 is 15.9 Å². The lowest BCUT2D eigenvalue weighted by Gasteiger charge is -2.38. The van der Waals surface area contributed by atoms with E-state index in [1.807, 2.05) is 24.3 Å². The first-order valence-corrected chi connectivity index (χ1v) is 8.22. The first-order valence-electron chi connectivity index (χ1n) is 7.43. The zero-order valence-electron chi connectivity index (χ0n) is 11.5.